The number of nitrogens with one attached hydrogen (secondary N) is 1. The van der Waals surface area contributed by atoms with Crippen molar-refractivity contribution in [1.82, 2.24) is 20.2 Å². The molecule has 44 heavy (non-hydrogen) atoms. The fourth-order valence-corrected chi connectivity index (χ4v) is 6.83. The van der Waals surface area contributed by atoms with Crippen molar-refractivity contribution >= 4 is 64.0 Å². The molecule has 0 bridgehead atoms. The summed E-state index contributed by atoms with van der Waals surface area (Å²) in [6.07, 6.45) is 8.72. The highest BCUT2D eigenvalue weighted by molar-refractivity contribution is 8.00. The molecular weight excluding hydrogens is 612 g/mol. The van der Waals surface area contributed by atoms with E-state index in [9.17, 15) is 24.4 Å². The number of anilines is 1. The molecule has 2 fully saturated rings. The molecule has 0 spiro atoms. The Morgan fingerprint density at radius 1 is 1.23 bits per heavy atom. The van der Waals surface area contributed by atoms with Crippen LogP contribution in [0, 0.1) is 0 Å². The molecule has 2 aromatic heterocycles. The second-order valence-electron chi connectivity index (χ2n) is 10.1. The minimum atomic E-state index is -1.30. The van der Waals surface area contributed by atoms with Gasteiger partial charge in [-0.2, -0.15) is 0 Å². The number of carbonyl (C=O) groups is 4. The SMILES string of the molecule is C[C@@H](OC(=O)OC1CCCCC1)OC(=O)C1=C(/C=C\c2cccnc2)CS[C@@H]2[C@H](NC(=O)/C(=N\O)c3csc(N)n3)C(=O)N12. The number of thiazole rings is 1. The lowest BCUT2D eigenvalue weighted by atomic mass is 9.98. The number of rotatable bonds is 9. The molecule has 4 heterocycles. The lowest BCUT2D eigenvalue weighted by molar-refractivity contribution is -0.169. The van der Waals surface area contributed by atoms with E-state index in [1.165, 1.54) is 29.0 Å². The maximum absolute atomic E-state index is 13.5. The van der Waals surface area contributed by atoms with Crippen LogP contribution < -0.4 is 11.1 Å². The van der Waals surface area contributed by atoms with E-state index in [1.54, 1.807) is 30.6 Å². The van der Waals surface area contributed by atoms with E-state index in [0.717, 1.165) is 49.0 Å². The fraction of sp³-hybridized carbons (Fsp3) is 0.393. The van der Waals surface area contributed by atoms with Crippen LogP contribution in [0.1, 0.15) is 50.3 Å². The number of nitrogen functional groups attached to an aromatic ring is 1. The number of aromatic nitrogens is 2. The first-order valence-electron chi connectivity index (χ1n) is 13.8. The first-order valence-corrected chi connectivity index (χ1v) is 15.8. The second-order valence-corrected chi connectivity index (χ2v) is 12.1. The highest BCUT2D eigenvalue weighted by Gasteiger charge is 2.54. The number of ether oxygens (including phenoxy) is 3. The summed E-state index contributed by atoms with van der Waals surface area (Å²) in [4.78, 5) is 61.3. The molecule has 232 valence electrons. The van der Waals surface area contributed by atoms with Gasteiger partial charge in [-0.25, -0.2) is 14.6 Å². The molecule has 2 aromatic rings. The molecule has 1 saturated heterocycles. The molecule has 0 unspecified atom stereocenters. The van der Waals surface area contributed by atoms with Gasteiger partial charge in [0.1, 0.15) is 28.9 Å². The number of allylic oxidation sites excluding steroid dienone is 1. The summed E-state index contributed by atoms with van der Waals surface area (Å²) in [6, 6.07) is 2.55. The predicted molar refractivity (Wildman–Crippen MR) is 160 cm³/mol. The number of amides is 2. The first kappa shape index (κ1) is 31.0. The molecule has 2 amide bonds. The van der Waals surface area contributed by atoms with Gasteiger partial charge >= 0.3 is 12.1 Å². The molecular formula is C28H30N6O8S2. The number of β-lactam (4-membered cyclic amide) rings is 1. The van der Waals surface area contributed by atoms with Gasteiger partial charge in [-0.3, -0.25) is 19.5 Å². The highest BCUT2D eigenvalue weighted by atomic mass is 32.2. The van der Waals surface area contributed by atoms with Gasteiger partial charge in [0.15, 0.2) is 10.8 Å². The summed E-state index contributed by atoms with van der Waals surface area (Å²) < 4.78 is 16.0. The third kappa shape index (κ3) is 7.02. The van der Waals surface area contributed by atoms with Crippen LogP contribution >= 0.6 is 23.1 Å². The number of hydrogen-bond acceptors (Lipinski definition) is 14. The first-order chi connectivity index (χ1) is 21.2. The van der Waals surface area contributed by atoms with Crippen molar-refractivity contribution in [2.24, 2.45) is 5.16 Å². The molecule has 5 rings (SSSR count). The molecule has 4 N–H and O–H groups in total. The van der Waals surface area contributed by atoms with Gasteiger partial charge in [-0.15, -0.1) is 23.1 Å². The Bertz CT molecular complexity index is 1500. The standard InChI is InChI=1S/C28H30N6O8S2/c1-15(41-28(38)42-18-7-3-2-4-8-18)40-26(37)22-17(10-9-16-6-5-11-30-12-16)13-43-25-21(24(36)34(22)25)32-23(35)20(33-39)19-14-44-27(29)31-19/h5-6,9-12,14-15,18,21,25,39H,2-4,7-8,13H2,1H3,(H2,29,31)(H,32,35)/b10-9-,33-20-/t15-,21-,25-/m1/s1. The van der Waals surface area contributed by atoms with Crippen LogP contribution in [0.5, 0.6) is 0 Å². The number of hydrogen-bond donors (Lipinski definition) is 3. The Kier molecular flexibility index (Phi) is 9.79. The Morgan fingerprint density at radius 3 is 2.70 bits per heavy atom. The molecule has 1 aliphatic carbocycles. The summed E-state index contributed by atoms with van der Waals surface area (Å²) in [5.41, 5.74) is 6.45. The van der Waals surface area contributed by atoms with E-state index in [2.05, 4.69) is 20.4 Å². The van der Waals surface area contributed by atoms with Crippen molar-refractivity contribution in [3.05, 3.63) is 58.5 Å². The number of pyridine rings is 1. The lowest BCUT2D eigenvalue weighted by Crippen LogP contribution is -2.71. The number of fused-ring (bicyclic) bond motifs is 1. The van der Waals surface area contributed by atoms with Gasteiger partial charge in [0.25, 0.3) is 11.8 Å². The quantitative estimate of drug-likeness (QED) is 0.0905. The molecule has 3 aliphatic rings. The normalized spacial score (nSPS) is 21.3. The van der Waals surface area contributed by atoms with Crippen LogP contribution in [0.4, 0.5) is 9.93 Å². The minimum Gasteiger partial charge on any atom is -0.431 e. The zero-order chi connectivity index (χ0) is 31.2. The summed E-state index contributed by atoms with van der Waals surface area (Å²) >= 11 is 2.37. The molecule has 2 aliphatic heterocycles. The molecule has 3 atom stereocenters. The lowest BCUT2D eigenvalue weighted by Gasteiger charge is -2.49. The predicted octanol–water partition coefficient (Wildman–Crippen LogP) is 3.04. The minimum absolute atomic E-state index is 0.0513. The van der Waals surface area contributed by atoms with E-state index in [-0.39, 0.29) is 28.4 Å². The van der Waals surface area contributed by atoms with E-state index < -0.39 is 47.4 Å². The van der Waals surface area contributed by atoms with Crippen LogP contribution in [0.15, 0.2) is 52.4 Å². The Morgan fingerprint density at radius 2 is 2.02 bits per heavy atom. The van der Waals surface area contributed by atoms with Gasteiger partial charge in [-0.05, 0) is 42.9 Å². The highest BCUT2D eigenvalue weighted by Crippen LogP contribution is 2.41. The third-order valence-corrected chi connectivity index (χ3v) is 9.05. The maximum Gasteiger partial charge on any atom is 0.511 e. The maximum atomic E-state index is 13.5. The second kappa shape index (κ2) is 13.9. The largest absolute Gasteiger partial charge is 0.511 e. The molecule has 0 radical (unpaired) electrons. The smallest absolute Gasteiger partial charge is 0.431 e. The topological polar surface area (TPSA) is 196 Å². The van der Waals surface area contributed by atoms with Crippen LogP contribution in [-0.2, 0) is 28.6 Å². The van der Waals surface area contributed by atoms with Crippen molar-refractivity contribution in [1.29, 1.82) is 0 Å². The van der Waals surface area contributed by atoms with E-state index in [0.29, 0.717) is 5.57 Å². The van der Waals surface area contributed by atoms with Gasteiger partial charge in [-0.1, -0.05) is 29.8 Å². The summed E-state index contributed by atoms with van der Waals surface area (Å²) in [5, 5.41) is 16.0. The van der Waals surface area contributed by atoms with Crippen LogP contribution in [0.3, 0.4) is 0 Å². The fourth-order valence-electron chi connectivity index (χ4n) is 4.96. The van der Waals surface area contributed by atoms with Gasteiger partial charge in [0.05, 0.1) is 0 Å². The Balaban J connectivity index is 1.31. The van der Waals surface area contributed by atoms with Crippen molar-refractivity contribution in [2.45, 2.75) is 62.8 Å². The average molecular weight is 643 g/mol. The Labute approximate surface area is 260 Å². The Hall–Kier alpha value is -4.44. The monoisotopic (exact) mass is 642 g/mol. The summed E-state index contributed by atoms with van der Waals surface area (Å²) in [6.45, 7) is 1.38. The van der Waals surface area contributed by atoms with E-state index in [1.807, 2.05) is 6.07 Å². The third-order valence-electron chi connectivity index (χ3n) is 7.07. The van der Waals surface area contributed by atoms with Crippen molar-refractivity contribution < 1.29 is 38.6 Å². The number of carbonyl (C=O) groups excluding carboxylic acids is 4. The summed E-state index contributed by atoms with van der Waals surface area (Å²) in [5.74, 6) is -2.04. The van der Waals surface area contributed by atoms with Gasteiger partial charge in [0.2, 0.25) is 6.29 Å². The average Bonchev–Trinajstić information content (AvgIpc) is 3.44. The van der Waals surface area contributed by atoms with Crippen molar-refractivity contribution in [3.8, 4) is 0 Å². The van der Waals surface area contributed by atoms with E-state index >= 15 is 0 Å². The van der Waals surface area contributed by atoms with Crippen LogP contribution in [0.2, 0.25) is 0 Å². The van der Waals surface area contributed by atoms with Crippen molar-refractivity contribution in [3.63, 3.8) is 0 Å². The van der Waals surface area contributed by atoms with E-state index in [4.69, 9.17) is 19.9 Å². The number of thioether (sulfide) groups is 1. The van der Waals surface area contributed by atoms with Gasteiger partial charge in [0, 0.05) is 30.5 Å². The van der Waals surface area contributed by atoms with Crippen LogP contribution in [0.25, 0.3) is 6.08 Å². The molecule has 1 saturated carbocycles. The number of nitrogens with two attached hydrogens (primary N) is 1. The number of esters is 1. The summed E-state index contributed by atoms with van der Waals surface area (Å²) in [7, 11) is 0. The number of nitrogens with zero attached hydrogens (tertiary/aromatic N) is 4. The molecule has 16 heteroatoms. The molecule has 14 nitrogen and oxygen atoms in total. The zero-order valence-electron chi connectivity index (χ0n) is 23.6. The zero-order valence-corrected chi connectivity index (χ0v) is 25.2. The van der Waals surface area contributed by atoms with Crippen molar-refractivity contribution in [2.75, 3.05) is 11.5 Å². The molecule has 0 aromatic carbocycles. The number of oxime groups is 1. The van der Waals surface area contributed by atoms with Gasteiger partial charge < -0.3 is 30.5 Å². The van der Waals surface area contributed by atoms with Crippen LogP contribution in [-0.4, -0.2) is 79.3 Å².